The lowest BCUT2D eigenvalue weighted by Crippen LogP contribution is -2.56. The topological polar surface area (TPSA) is 33.5 Å². The third kappa shape index (κ3) is 1.87. The second kappa shape index (κ2) is 4.62. The highest BCUT2D eigenvalue weighted by molar-refractivity contribution is 9.10. The van der Waals surface area contributed by atoms with Gasteiger partial charge >= 0.3 is 0 Å². The molecule has 4 heteroatoms. The predicted molar refractivity (Wildman–Crippen MR) is 79.3 cm³/mol. The Labute approximate surface area is 127 Å². The molecule has 4 aliphatic rings. The predicted octanol–water partition coefficient (Wildman–Crippen LogP) is 3.94. The van der Waals surface area contributed by atoms with Crippen LogP contribution in [0.4, 0.5) is 0 Å². The highest BCUT2D eigenvalue weighted by atomic mass is 79.9. The molecule has 0 spiro atoms. The Hall–Kier alpha value is -0.770. The molecule has 4 aliphatic carbocycles. The van der Waals surface area contributed by atoms with Crippen LogP contribution < -0.4 is 0 Å². The van der Waals surface area contributed by atoms with Gasteiger partial charge in [-0.05, 0) is 77.8 Å². The molecule has 1 amide bonds. The van der Waals surface area contributed by atoms with Crippen molar-refractivity contribution in [2.24, 2.45) is 23.7 Å². The first-order valence-corrected chi connectivity index (χ1v) is 8.43. The second-order valence-corrected chi connectivity index (χ2v) is 7.67. The van der Waals surface area contributed by atoms with Crippen LogP contribution in [0.1, 0.15) is 42.5 Å². The fourth-order valence-electron chi connectivity index (χ4n) is 5.30. The van der Waals surface area contributed by atoms with Gasteiger partial charge in [-0.15, -0.1) is 0 Å². The maximum Gasteiger partial charge on any atom is 0.258 e. The number of carbonyl (C=O) groups is 1. The van der Waals surface area contributed by atoms with Crippen LogP contribution in [-0.2, 0) is 0 Å². The van der Waals surface area contributed by atoms with Gasteiger partial charge in [0, 0.05) is 13.1 Å². The Morgan fingerprint density at radius 3 is 2.30 bits per heavy atom. The van der Waals surface area contributed by atoms with E-state index < -0.39 is 0 Å². The maximum atomic E-state index is 12.7. The minimum Gasteiger partial charge on any atom is -0.457 e. The SMILES string of the molecule is CN(C(=O)c1ccoc1Br)C1C2CC3CC(C2)CC1C3. The van der Waals surface area contributed by atoms with Crippen molar-refractivity contribution in [3.8, 4) is 0 Å². The van der Waals surface area contributed by atoms with E-state index in [0.717, 1.165) is 23.7 Å². The van der Waals surface area contributed by atoms with Crippen LogP contribution in [0.3, 0.4) is 0 Å². The molecule has 1 aromatic rings. The van der Waals surface area contributed by atoms with Crippen LogP contribution in [0, 0.1) is 23.7 Å². The molecule has 0 aromatic carbocycles. The highest BCUT2D eigenvalue weighted by Crippen LogP contribution is 2.55. The number of carbonyl (C=O) groups excluding carboxylic acids is 1. The summed E-state index contributed by atoms with van der Waals surface area (Å²) in [5, 5.41) is 0. The van der Waals surface area contributed by atoms with Crippen LogP contribution in [0.5, 0.6) is 0 Å². The van der Waals surface area contributed by atoms with E-state index in [1.165, 1.54) is 32.1 Å². The minimum absolute atomic E-state index is 0.100. The monoisotopic (exact) mass is 337 g/mol. The van der Waals surface area contributed by atoms with E-state index in [4.69, 9.17) is 4.42 Å². The smallest absolute Gasteiger partial charge is 0.258 e. The summed E-state index contributed by atoms with van der Waals surface area (Å²) in [6.45, 7) is 0. The fourth-order valence-corrected chi connectivity index (χ4v) is 5.71. The van der Waals surface area contributed by atoms with Crippen LogP contribution in [0.25, 0.3) is 0 Å². The van der Waals surface area contributed by atoms with E-state index in [-0.39, 0.29) is 5.91 Å². The summed E-state index contributed by atoms with van der Waals surface area (Å²) < 4.78 is 5.76. The first-order chi connectivity index (χ1) is 9.63. The van der Waals surface area contributed by atoms with Crippen molar-refractivity contribution in [1.29, 1.82) is 0 Å². The molecule has 0 unspecified atom stereocenters. The van der Waals surface area contributed by atoms with Gasteiger partial charge in [0.15, 0.2) is 4.67 Å². The number of furan rings is 1. The third-order valence-corrected chi connectivity index (χ3v) is 6.41. The van der Waals surface area contributed by atoms with E-state index in [1.807, 2.05) is 11.9 Å². The minimum atomic E-state index is 0.100. The summed E-state index contributed by atoms with van der Waals surface area (Å²) in [6, 6.07) is 2.20. The number of hydrogen-bond donors (Lipinski definition) is 0. The number of halogens is 1. The van der Waals surface area contributed by atoms with Gasteiger partial charge in [-0.3, -0.25) is 4.79 Å². The van der Waals surface area contributed by atoms with Gasteiger partial charge in [0.25, 0.3) is 5.91 Å². The Kier molecular flexibility index (Phi) is 2.99. The molecule has 0 radical (unpaired) electrons. The average molecular weight is 338 g/mol. The van der Waals surface area contributed by atoms with Gasteiger partial charge in [0.05, 0.1) is 11.8 Å². The van der Waals surface area contributed by atoms with Crippen molar-refractivity contribution >= 4 is 21.8 Å². The molecule has 4 saturated carbocycles. The summed E-state index contributed by atoms with van der Waals surface area (Å²) in [5.41, 5.74) is 0.654. The molecule has 1 heterocycles. The summed E-state index contributed by atoms with van der Waals surface area (Å²) in [4.78, 5) is 14.7. The molecular weight excluding hydrogens is 318 g/mol. The maximum absolute atomic E-state index is 12.7. The molecule has 0 N–H and O–H groups in total. The van der Waals surface area contributed by atoms with Crippen molar-refractivity contribution < 1.29 is 9.21 Å². The first-order valence-electron chi connectivity index (χ1n) is 7.63. The van der Waals surface area contributed by atoms with Gasteiger partial charge in [0.1, 0.15) is 0 Å². The van der Waals surface area contributed by atoms with E-state index in [0.29, 0.717) is 16.3 Å². The lowest BCUT2D eigenvalue weighted by Gasteiger charge is -2.56. The van der Waals surface area contributed by atoms with E-state index in [9.17, 15) is 4.79 Å². The van der Waals surface area contributed by atoms with Gasteiger partial charge < -0.3 is 9.32 Å². The lowest BCUT2D eigenvalue weighted by molar-refractivity contribution is -0.0491. The molecule has 4 bridgehead atoms. The largest absolute Gasteiger partial charge is 0.457 e. The molecule has 5 rings (SSSR count). The summed E-state index contributed by atoms with van der Waals surface area (Å²) >= 11 is 3.32. The highest BCUT2D eigenvalue weighted by Gasteiger charge is 2.50. The van der Waals surface area contributed by atoms with Gasteiger partial charge in [-0.2, -0.15) is 0 Å². The molecule has 1 aromatic heterocycles. The molecule has 3 nitrogen and oxygen atoms in total. The van der Waals surface area contributed by atoms with Crippen LogP contribution in [0.15, 0.2) is 21.4 Å². The zero-order chi connectivity index (χ0) is 13.9. The van der Waals surface area contributed by atoms with Crippen LogP contribution in [-0.4, -0.2) is 23.9 Å². The first kappa shape index (κ1) is 12.9. The van der Waals surface area contributed by atoms with E-state index >= 15 is 0 Å². The fraction of sp³-hybridized carbons (Fsp3) is 0.688. The Morgan fingerprint density at radius 1 is 1.20 bits per heavy atom. The van der Waals surface area contributed by atoms with E-state index in [1.54, 1.807) is 12.3 Å². The number of rotatable bonds is 2. The van der Waals surface area contributed by atoms with Gasteiger partial charge in [0.2, 0.25) is 0 Å². The van der Waals surface area contributed by atoms with Crippen molar-refractivity contribution in [2.45, 2.75) is 38.1 Å². The van der Waals surface area contributed by atoms with Crippen molar-refractivity contribution in [2.75, 3.05) is 7.05 Å². The molecular formula is C16H20BrNO2. The summed E-state index contributed by atoms with van der Waals surface area (Å²) in [5.74, 6) is 3.44. The summed E-state index contributed by atoms with van der Waals surface area (Å²) in [6.07, 6.45) is 8.36. The Bertz CT molecular complexity index is 510. The van der Waals surface area contributed by atoms with Crippen LogP contribution in [0.2, 0.25) is 0 Å². The normalized spacial score (nSPS) is 38.2. The van der Waals surface area contributed by atoms with Crippen molar-refractivity contribution in [3.05, 3.63) is 22.6 Å². The van der Waals surface area contributed by atoms with Gasteiger partial charge in [-0.25, -0.2) is 0 Å². The van der Waals surface area contributed by atoms with Crippen molar-refractivity contribution in [3.63, 3.8) is 0 Å². The molecule has 108 valence electrons. The third-order valence-electron chi connectivity index (χ3n) is 5.79. The molecule has 0 saturated heterocycles. The van der Waals surface area contributed by atoms with Crippen molar-refractivity contribution in [1.82, 2.24) is 4.90 Å². The molecule has 0 atom stereocenters. The standard InChI is InChI=1S/C16H20BrNO2/c1-18(16(19)13-2-3-20-15(13)17)14-11-5-9-4-10(7-11)8-12(14)6-9/h2-3,9-12,14H,4-8H2,1H3. The molecule has 20 heavy (non-hydrogen) atoms. The molecule has 4 fully saturated rings. The zero-order valence-corrected chi connectivity index (χ0v) is 13.3. The lowest BCUT2D eigenvalue weighted by atomic mass is 9.54. The number of hydrogen-bond acceptors (Lipinski definition) is 2. The number of amides is 1. The Morgan fingerprint density at radius 2 is 1.80 bits per heavy atom. The second-order valence-electron chi connectivity index (χ2n) is 6.95. The Balaban J connectivity index is 1.58. The van der Waals surface area contributed by atoms with Gasteiger partial charge in [-0.1, -0.05) is 0 Å². The number of nitrogens with zero attached hydrogens (tertiary/aromatic N) is 1. The molecule has 0 aliphatic heterocycles. The summed E-state index contributed by atoms with van der Waals surface area (Å²) in [7, 11) is 1.98. The zero-order valence-electron chi connectivity index (χ0n) is 11.7. The average Bonchev–Trinajstić information content (AvgIpc) is 2.82. The quantitative estimate of drug-likeness (QED) is 0.818. The van der Waals surface area contributed by atoms with E-state index in [2.05, 4.69) is 15.9 Å². The van der Waals surface area contributed by atoms with Crippen LogP contribution >= 0.6 is 15.9 Å².